The lowest BCUT2D eigenvalue weighted by Gasteiger charge is -2.08. The van der Waals surface area contributed by atoms with E-state index in [-0.39, 0.29) is 17.2 Å². The fourth-order valence-electron chi connectivity index (χ4n) is 1.86. The Balaban J connectivity index is 1.73. The highest BCUT2D eigenvalue weighted by Crippen LogP contribution is 2.21. The van der Waals surface area contributed by atoms with Crippen molar-refractivity contribution in [2.45, 2.75) is 6.42 Å². The van der Waals surface area contributed by atoms with Crippen molar-refractivity contribution in [3.8, 4) is 5.75 Å². The third-order valence-corrected chi connectivity index (χ3v) is 3.44. The summed E-state index contributed by atoms with van der Waals surface area (Å²) in [6.07, 6.45) is 0.801. The van der Waals surface area contributed by atoms with Crippen LogP contribution in [-0.2, 0) is 0 Å². The molecule has 2 aromatic carbocycles. The molecule has 0 saturated carbocycles. The number of nitrogens with one attached hydrogen (secondary N) is 2. The fourth-order valence-corrected chi connectivity index (χ4v) is 2.23. The van der Waals surface area contributed by atoms with Gasteiger partial charge in [-0.3, -0.25) is 4.79 Å². The third kappa shape index (κ3) is 4.79. The van der Waals surface area contributed by atoms with Crippen LogP contribution in [0.2, 0.25) is 0 Å². The molecule has 2 rings (SSSR count). The molecule has 0 radical (unpaired) electrons. The zero-order valence-electron chi connectivity index (χ0n) is 11.5. The lowest BCUT2D eigenvalue weighted by Crippen LogP contribution is -2.25. The van der Waals surface area contributed by atoms with Crippen molar-refractivity contribution in [1.29, 1.82) is 0 Å². The van der Waals surface area contributed by atoms with E-state index in [1.54, 1.807) is 12.1 Å². The van der Waals surface area contributed by atoms with Gasteiger partial charge in [0, 0.05) is 23.2 Å². The Morgan fingerprint density at radius 2 is 1.86 bits per heavy atom. The Morgan fingerprint density at radius 3 is 2.62 bits per heavy atom. The number of para-hydroxylation sites is 1. The molecule has 2 aromatic rings. The minimum Gasteiger partial charge on any atom is -0.507 e. The van der Waals surface area contributed by atoms with Gasteiger partial charge in [0.1, 0.15) is 5.75 Å². The van der Waals surface area contributed by atoms with Crippen LogP contribution in [0.15, 0.2) is 53.0 Å². The summed E-state index contributed by atoms with van der Waals surface area (Å²) in [7, 11) is 0. The summed E-state index contributed by atoms with van der Waals surface area (Å²) in [4.78, 5) is 11.9. The first-order chi connectivity index (χ1) is 10.2. The van der Waals surface area contributed by atoms with Crippen molar-refractivity contribution in [1.82, 2.24) is 5.32 Å². The van der Waals surface area contributed by atoms with Crippen LogP contribution in [0, 0.1) is 0 Å². The van der Waals surface area contributed by atoms with Gasteiger partial charge >= 0.3 is 0 Å². The number of halogens is 1. The molecule has 1 amide bonds. The largest absolute Gasteiger partial charge is 0.507 e. The maximum atomic E-state index is 11.9. The summed E-state index contributed by atoms with van der Waals surface area (Å²) in [5.41, 5.74) is 1.34. The molecule has 0 aliphatic carbocycles. The molecule has 5 heteroatoms. The lowest BCUT2D eigenvalue weighted by atomic mass is 10.2. The van der Waals surface area contributed by atoms with E-state index in [1.165, 1.54) is 6.07 Å². The van der Waals surface area contributed by atoms with Gasteiger partial charge in [0.05, 0.1) is 5.56 Å². The highest BCUT2D eigenvalue weighted by molar-refractivity contribution is 9.10. The van der Waals surface area contributed by atoms with Crippen LogP contribution in [0.25, 0.3) is 0 Å². The van der Waals surface area contributed by atoms with Gasteiger partial charge in [0.15, 0.2) is 0 Å². The molecule has 0 aliphatic rings. The fraction of sp³-hybridized carbons (Fsp3) is 0.188. The predicted octanol–water partition coefficient (Wildman–Crippen LogP) is 3.39. The maximum absolute atomic E-state index is 11.9. The molecule has 0 unspecified atom stereocenters. The van der Waals surface area contributed by atoms with Gasteiger partial charge in [-0.05, 0) is 36.8 Å². The first kappa shape index (κ1) is 15.4. The molecule has 0 saturated heterocycles. The number of hydrogen-bond acceptors (Lipinski definition) is 3. The monoisotopic (exact) mass is 348 g/mol. The van der Waals surface area contributed by atoms with Crippen LogP contribution in [0.5, 0.6) is 5.75 Å². The van der Waals surface area contributed by atoms with Crippen LogP contribution in [-0.4, -0.2) is 24.1 Å². The second-order valence-electron chi connectivity index (χ2n) is 4.56. The quantitative estimate of drug-likeness (QED) is 0.701. The van der Waals surface area contributed by atoms with Gasteiger partial charge in [-0.25, -0.2) is 0 Å². The molecule has 0 aliphatic heterocycles. The van der Waals surface area contributed by atoms with Crippen LogP contribution in [0.4, 0.5) is 5.69 Å². The smallest absolute Gasteiger partial charge is 0.255 e. The van der Waals surface area contributed by atoms with Crippen LogP contribution < -0.4 is 10.6 Å². The van der Waals surface area contributed by atoms with Crippen molar-refractivity contribution < 1.29 is 9.90 Å². The van der Waals surface area contributed by atoms with E-state index in [4.69, 9.17) is 0 Å². The molecular formula is C16H17BrN2O2. The van der Waals surface area contributed by atoms with Crippen molar-refractivity contribution >= 4 is 27.5 Å². The minimum absolute atomic E-state index is 0.0156. The predicted molar refractivity (Wildman–Crippen MR) is 87.7 cm³/mol. The van der Waals surface area contributed by atoms with Crippen LogP contribution in [0.3, 0.4) is 0 Å². The molecule has 4 nitrogen and oxygen atoms in total. The second-order valence-corrected chi connectivity index (χ2v) is 5.48. The molecule has 3 N–H and O–H groups in total. The van der Waals surface area contributed by atoms with Crippen molar-refractivity contribution in [3.05, 3.63) is 58.6 Å². The van der Waals surface area contributed by atoms with Gasteiger partial charge in [-0.2, -0.15) is 0 Å². The zero-order valence-corrected chi connectivity index (χ0v) is 13.1. The number of benzene rings is 2. The number of anilines is 1. The summed E-state index contributed by atoms with van der Waals surface area (Å²) in [5, 5.41) is 15.7. The molecule has 0 spiro atoms. The normalized spacial score (nSPS) is 10.1. The molecular weight excluding hydrogens is 332 g/mol. The molecule has 0 aromatic heterocycles. The van der Waals surface area contributed by atoms with Crippen molar-refractivity contribution in [2.75, 3.05) is 18.4 Å². The summed E-state index contributed by atoms with van der Waals surface area (Å²) in [6, 6.07) is 14.7. The van der Waals surface area contributed by atoms with E-state index in [0.717, 1.165) is 23.1 Å². The topological polar surface area (TPSA) is 61.4 Å². The summed E-state index contributed by atoms with van der Waals surface area (Å²) in [5.74, 6) is -0.286. The van der Waals surface area contributed by atoms with Crippen LogP contribution in [0.1, 0.15) is 16.8 Å². The Hall–Kier alpha value is -2.01. The molecule has 110 valence electrons. The van der Waals surface area contributed by atoms with E-state index < -0.39 is 0 Å². The highest BCUT2D eigenvalue weighted by Gasteiger charge is 2.10. The van der Waals surface area contributed by atoms with Crippen molar-refractivity contribution in [3.63, 3.8) is 0 Å². The number of aromatic hydroxyl groups is 1. The van der Waals surface area contributed by atoms with E-state index in [9.17, 15) is 9.90 Å². The maximum Gasteiger partial charge on any atom is 0.255 e. The van der Waals surface area contributed by atoms with E-state index in [1.807, 2.05) is 30.3 Å². The van der Waals surface area contributed by atoms with Gasteiger partial charge < -0.3 is 15.7 Å². The summed E-state index contributed by atoms with van der Waals surface area (Å²) in [6.45, 7) is 1.32. The number of carbonyl (C=O) groups is 1. The minimum atomic E-state index is -0.270. The Labute approximate surface area is 132 Å². The molecule has 0 atom stereocenters. The average molecular weight is 349 g/mol. The standard InChI is InChI=1S/C16H17BrN2O2/c17-12-7-8-15(20)14(11-12)16(21)19-10-4-9-18-13-5-2-1-3-6-13/h1-3,5-8,11,18,20H,4,9-10H2,(H,19,21). The Kier molecular flexibility index (Phi) is 5.63. The van der Waals surface area contributed by atoms with Gasteiger partial charge in [0.25, 0.3) is 5.91 Å². The molecule has 0 fully saturated rings. The first-order valence-electron chi connectivity index (χ1n) is 6.72. The molecule has 0 heterocycles. The highest BCUT2D eigenvalue weighted by atomic mass is 79.9. The average Bonchev–Trinajstić information content (AvgIpc) is 2.50. The van der Waals surface area contributed by atoms with E-state index in [2.05, 4.69) is 26.6 Å². The number of hydrogen-bond donors (Lipinski definition) is 3. The molecule has 0 bridgehead atoms. The summed E-state index contributed by atoms with van der Waals surface area (Å²) < 4.78 is 0.760. The number of rotatable bonds is 6. The van der Waals surface area contributed by atoms with E-state index >= 15 is 0 Å². The molecule has 21 heavy (non-hydrogen) atoms. The Bertz CT molecular complexity index is 602. The van der Waals surface area contributed by atoms with Gasteiger partial charge in [-0.15, -0.1) is 0 Å². The number of phenolic OH excluding ortho intramolecular Hbond substituents is 1. The zero-order chi connectivity index (χ0) is 15.1. The lowest BCUT2D eigenvalue weighted by molar-refractivity contribution is 0.0951. The van der Waals surface area contributed by atoms with Gasteiger partial charge in [-0.1, -0.05) is 34.1 Å². The van der Waals surface area contributed by atoms with Crippen molar-refractivity contribution in [2.24, 2.45) is 0 Å². The second kappa shape index (κ2) is 7.69. The number of carbonyl (C=O) groups excluding carboxylic acids is 1. The third-order valence-electron chi connectivity index (χ3n) is 2.95. The number of amides is 1. The Morgan fingerprint density at radius 1 is 1.10 bits per heavy atom. The SMILES string of the molecule is O=C(NCCCNc1ccccc1)c1cc(Br)ccc1O. The van der Waals surface area contributed by atoms with Crippen LogP contribution >= 0.6 is 15.9 Å². The number of phenols is 1. The van der Waals surface area contributed by atoms with E-state index in [0.29, 0.717) is 6.54 Å². The summed E-state index contributed by atoms with van der Waals surface area (Å²) >= 11 is 3.28. The van der Waals surface area contributed by atoms with Gasteiger partial charge in [0.2, 0.25) is 0 Å². The first-order valence-corrected chi connectivity index (χ1v) is 7.52.